The average molecular weight is 212 g/mol. The van der Waals surface area contributed by atoms with Crippen LogP contribution >= 0.6 is 0 Å². The summed E-state index contributed by atoms with van der Waals surface area (Å²) >= 11 is 0. The van der Waals surface area contributed by atoms with Crippen LogP contribution in [0.3, 0.4) is 0 Å². The van der Waals surface area contributed by atoms with Crippen molar-refractivity contribution in [1.82, 2.24) is 10.2 Å². The van der Waals surface area contributed by atoms with Gasteiger partial charge in [0, 0.05) is 12.6 Å². The van der Waals surface area contributed by atoms with E-state index < -0.39 is 0 Å². The lowest BCUT2D eigenvalue weighted by atomic mass is 9.94. The average Bonchev–Trinajstić information content (AvgIpc) is 2.14. The fourth-order valence-electron chi connectivity index (χ4n) is 2.31. The Labute approximate surface area is 95.4 Å². The number of piperidine rings is 1. The van der Waals surface area contributed by atoms with Crippen LogP contribution in [0.15, 0.2) is 0 Å². The van der Waals surface area contributed by atoms with Gasteiger partial charge in [0.1, 0.15) is 0 Å². The first-order valence-corrected chi connectivity index (χ1v) is 6.47. The summed E-state index contributed by atoms with van der Waals surface area (Å²) in [5.41, 5.74) is 0.448. The molecule has 0 bridgehead atoms. The normalized spacial score (nSPS) is 20.8. The van der Waals surface area contributed by atoms with Gasteiger partial charge in [-0.15, -0.1) is 0 Å². The second-order valence-electron chi connectivity index (χ2n) is 6.07. The van der Waals surface area contributed by atoms with Gasteiger partial charge in [-0.1, -0.05) is 27.7 Å². The molecule has 1 aliphatic heterocycles. The van der Waals surface area contributed by atoms with Crippen LogP contribution in [-0.2, 0) is 0 Å². The molecular formula is C13H28N2. The number of nitrogens with one attached hydrogen (secondary N) is 1. The molecule has 1 N–H and O–H groups in total. The molecule has 0 amide bonds. The van der Waals surface area contributed by atoms with Crippen molar-refractivity contribution in [2.45, 2.75) is 53.0 Å². The molecule has 0 unspecified atom stereocenters. The molecule has 1 saturated heterocycles. The summed E-state index contributed by atoms with van der Waals surface area (Å²) in [6.45, 7) is 14.2. The van der Waals surface area contributed by atoms with Crippen LogP contribution in [0.1, 0.15) is 47.0 Å². The van der Waals surface area contributed by atoms with Crippen LogP contribution in [0, 0.1) is 5.41 Å². The quantitative estimate of drug-likeness (QED) is 0.770. The summed E-state index contributed by atoms with van der Waals surface area (Å²) in [7, 11) is 0. The molecule has 0 spiro atoms. The van der Waals surface area contributed by atoms with Gasteiger partial charge < -0.3 is 10.2 Å². The van der Waals surface area contributed by atoms with E-state index in [9.17, 15) is 0 Å². The molecule has 0 aliphatic carbocycles. The number of nitrogens with zero attached hydrogens (tertiary/aromatic N) is 1. The zero-order chi connectivity index (χ0) is 11.3. The van der Waals surface area contributed by atoms with Gasteiger partial charge in [-0.25, -0.2) is 0 Å². The molecule has 1 aliphatic rings. The van der Waals surface area contributed by atoms with Crippen LogP contribution in [0.25, 0.3) is 0 Å². The zero-order valence-electron chi connectivity index (χ0n) is 11.0. The first-order valence-electron chi connectivity index (χ1n) is 6.47. The second kappa shape index (κ2) is 5.86. The van der Waals surface area contributed by atoms with Crippen molar-refractivity contribution in [3.8, 4) is 0 Å². The van der Waals surface area contributed by atoms with Gasteiger partial charge in [0.2, 0.25) is 0 Å². The summed E-state index contributed by atoms with van der Waals surface area (Å²) in [6, 6.07) is 0.779. The minimum atomic E-state index is 0.448. The molecule has 0 radical (unpaired) electrons. The molecule has 15 heavy (non-hydrogen) atoms. The summed E-state index contributed by atoms with van der Waals surface area (Å²) in [6.07, 6.45) is 3.91. The minimum absolute atomic E-state index is 0.448. The predicted octanol–water partition coefficient (Wildman–Crippen LogP) is 2.50. The van der Waals surface area contributed by atoms with Gasteiger partial charge >= 0.3 is 0 Å². The van der Waals surface area contributed by atoms with Gasteiger partial charge in [0.25, 0.3) is 0 Å². The van der Waals surface area contributed by atoms with Gasteiger partial charge in [-0.2, -0.15) is 0 Å². The number of hydrogen-bond acceptors (Lipinski definition) is 2. The van der Waals surface area contributed by atoms with E-state index in [2.05, 4.69) is 37.9 Å². The maximum atomic E-state index is 3.63. The van der Waals surface area contributed by atoms with Crippen molar-refractivity contribution in [2.24, 2.45) is 5.41 Å². The van der Waals surface area contributed by atoms with Crippen molar-refractivity contribution in [3.63, 3.8) is 0 Å². The molecule has 0 aromatic rings. The first kappa shape index (κ1) is 13.0. The standard InChI is InChI=1S/C13H28N2/c1-5-8-14-12-6-9-15(10-7-12)11-13(2,3)4/h12,14H,5-11H2,1-4H3. The molecule has 0 atom stereocenters. The van der Waals surface area contributed by atoms with Crippen molar-refractivity contribution >= 4 is 0 Å². The lowest BCUT2D eigenvalue weighted by Gasteiger charge is -2.36. The van der Waals surface area contributed by atoms with E-state index in [1.54, 1.807) is 0 Å². The fourth-order valence-corrected chi connectivity index (χ4v) is 2.31. The molecule has 90 valence electrons. The van der Waals surface area contributed by atoms with Crippen LogP contribution in [0.4, 0.5) is 0 Å². The van der Waals surface area contributed by atoms with Crippen LogP contribution in [-0.4, -0.2) is 37.1 Å². The topological polar surface area (TPSA) is 15.3 Å². The molecule has 0 saturated carbocycles. The fraction of sp³-hybridized carbons (Fsp3) is 1.00. The Morgan fingerprint density at radius 2 is 1.80 bits per heavy atom. The lowest BCUT2D eigenvalue weighted by molar-refractivity contribution is 0.146. The third-order valence-corrected chi connectivity index (χ3v) is 2.97. The molecule has 1 rings (SSSR count). The smallest absolute Gasteiger partial charge is 0.00914 e. The third-order valence-electron chi connectivity index (χ3n) is 2.97. The van der Waals surface area contributed by atoms with E-state index in [1.807, 2.05) is 0 Å². The van der Waals surface area contributed by atoms with Crippen LogP contribution in [0.5, 0.6) is 0 Å². The predicted molar refractivity (Wildman–Crippen MR) is 67.2 cm³/mol. The van der Waals surface area contributed by atoms with E-state index in [-0.39, 0.29) is 0 Å². The van der Waals surface area contributed by atoms with Crippen molar-refractivity contribution in [3.05, 3.63) is 0 Å². The van der Waals surface area contributed by atoms with E-state index in [0.29, 0.717) is 5.41 Å². The molecule has 2 nitrogen and oxygen atoms in total. The van der Waals surface area contributed by atoms with E-state index >= 15 is 0 Å². The SMILES string of the molecule is CCCNC1CCN(CC(C)(C)C)CC1. The maximum Gasteiger partial charge on any atom is 0.00914 e. The van der Waals surface area contributed by atoms with E-state index in [1.165, 1.54) is 45.4 Å². The summed E-state index contributed by atoms with van der Waals surface area (Å²) in [5.74, 6) is 0. The van der Waals surface area contributed by atoms with Gasteiger partial charge in [-0.3, -0.25) is 0 Å². The number of rotatable bonds is 4. The Balaban J connectivity index is 2.18. The van der Waals surface area contributed by atoms with Crippen molar-refractivity contribution < 1.29 is 0 Å². The highest BCUT2D eigenvalue weighted by Crippen LogP contribution is 2.18. The highest BCUT2D eigenvalue weighted by atomic mass is 15.1. The maximum absolute atomic E-state index is 3.63. The number of likely N-dealkylation sites (tertiary alicyclic amines) is 1. The molecule has 2 heteroatoms. The first-order chi connectivity index (χ1) is 7.01. The van der Waals surface area contributed by atoms with E-state index in [0.717, 1.165) is 6.04 Å². The van der Waals surface area contributed by atoms with E-state index in [4.69, 9.17) is 0 Å². The molecular weight excluding hydrogens is 184 g/mol. The molecule has 1 heterocycles. The highest BCUT2D eigenvalue weighted by molar-refractivity contribution is 4.79. The van der Waals surface area contributed by atoms with Gasteiger partial charge in [-0.05, 0) is 44.3 Å². The van der Waals surface area contributed by atoms with Gasteiger partial charge in [0.15, 0.2) is 0 Å². The van der Waals surface area contributed by atoms with Gasteiger partial charge in [0.05, 0.1) is 0 Å². The third kappa shape index (κ3) is 5.53. The van der Waals surface area contributed by atoms with Crippen molar-refractivity contribution in [1.29, 1.82) is 0 Å². The molecule has 0 aromatic carbocycles. The molecule has 1 fully saturated rings. The Morgan fingerprint density at radius 3 is 2.27 bits per heavy atom. The Kier molecular flexibility index (Phi) is 5.07. The Hall–Kier alpha value is -0.0800. The summed E-state index contributed by atoms with van der Waals surface area (Å²) < 4.78 is 0. The van der Waals surface area contributed by atoms with Crippen molar-refractivity contribution in [2.75, 3.05) is 26.2 Å². The largest absolute Gasteiger partial charge is 0.314 e. The summed E-state index contributed by atoms with van der Waals surface area (Å²) in [5, 5.41) is 3.63. The van der Waals surface area contributed by atoms with Crippen LogP contribution < -0.4 is 5.32 Å². The van der Waals surface area contributed by atoms with Crippen LogP contribution in [0.2, 0.25) is 0 Å². The Bertz CT molecular complexity index is 164. The monoisotopic (exact) mass is 212 g/mol. The minimum Gasteiger partial charge on any atom is -0.314 e. The summed E-state index contributed by atoms with van der Waals surface area (Å²) in [4.78, 5) is 2.62. The second-order valence-corrected chi connectivity index (χ2v) is 6.07. The molecule has 0 aromatic heterocycles. The zero-order valence-corrected chi connectivity index (χ0v) is 11.0. The lowest BCUT2D eigenvalue weighted by Crippen LogP contribution is -2.45. The highest BCUT2D eigenvalue weighted by Gasteiger charge is 2.22. The number of hydrogen-bond donors (Lipinski definition) is 1. The Morgan fingerprint density at radius 1 is 1.20 bits per heavy atom.